The summed E-state index contributed by atoms with van der Waals surface area (Å²) in [5.41, 5.74) is 3.39. The topological polar surface area (TPSA) is 24.7 Å². The van der Waals surface area contributed by atoms with Gasteiger partial charge in [0.1, 0.15) is 0 Å². The Labute approximate surface area is 85.4 Å². The third-order valence-corrected chi connectivity index (χ3v) is 2.14. The van der Waals surface area contributed by atoms with E-state index >= 15 is 0 Å². The molecule has 1 aromatic rings. The van der Waals surface area contributed by atoms with Gasteiger partial charge < -0.3 is 0 Å². The molecule has 0 atom stereocenters. The molecule has 0 unspecified atom stereocenters. The van der Waals surface area contributed by atoms with Crippen LogP contribution in [0.15, 0.2) is 40.6 Å². The zero-order chi connectivity index (χ0) is 10.4. The van der Waals surface area contributed by atoms with Crippen molar-refractivity contribution < 1.29 is 0 Å². The molecular weight excluding hydrogens is 172 g/mol. The fourth-order valence-electron chi connectivity index (χ4n) is 1.30. The molecule has 0 amide bonds. The summed E-state index contributed by atoms with van der Waals surface area (Å²) in [4.78, 5) is 0. The van der Waals surface area contributed by atoms with Gasteiger partial charge in [-0.3, -0.25) is 0 Å². The van der Waals surface area contributed by atoms with Gasteiger partial charge >= 0.3 is 0 Å². The van der Waals surface area contributed by atoms with Gasteiger partial charge in [-0.2, -0.15) is 10.2 Å². The Morgan fingerprint density at radius 2 is 1.93 bits per heavy atom. The highest BCUT2D eigenvalue weighted by Crippen LogP contribution is 2.16. The molecule has 0 aliphatic rings. The molecule has 0 radical (unpaired) electrons. The molecule has 0 bridgehead atoms. The minimum Gasteiger partial charge on any atom is -0.192 e. The lowest BCUT2D eigenvalue weighted by molar-refractivity contribution is 1.13. The quantitative estimate of drug-likeness (QED) is 0.646. The molecule has 1 rings (SSSR count). The maximum atomic E-state index is 4.05. The molecule has 0 aliphatic heterocycles. The van der Waals surface area contributed by atoms with E-state index in [0.717, 1.165) is 17.7 Å². The van der Waals surface area contributed by atoms with Gasteiger partial charge in [0, 0.05) is 12.6 Å². The molecule has 0 saturated carbocycles. The van der Waals surface area contributed by atoms with Crippen molar-refractivity contribution in [1.29, 1.82) is 0 Å². The van der Waals surface area contributed by atoms with Gasteiger partial charge in [-0.1, -0.05) is 37.3 Å². The molecule has 0 spiro atoms. The lowest BCUT2D eigenvalue weighted by Crippen LogP contribution is -1.83. The van der Waals surface area contributed by atoms with Gasteiger partial charge in [-0.25, -0.2) is 0 Å². The van der Waals surface area contributed by atoms with Crippen LogP contribution in [0.1, 0.15) is 25.0 Å². The number of benzene rings is 1. The van der Waals surface area contributed by atoms with Gasteiger partial charge in [0.2, 0.25) is 0 Å². The SMILES string of the molecule is C/C=C(\N=NC)c1ccc(CC)cc1. The van der Waals surface area contributed by atoms with Crippen molar-refractivity contribution in [3.05, 3.63) is 41.5 Å². The standard InChI is InChI=1S/C12H16N2/c1-4-10-6-8-11(9-7-10)12(5-2)14-13-3/h5-9H,4H2,1-3H3/b12-5-,14-13?. The van der Waals surface area contributed by atoms with Gasteiger partial charge in [-0.15, -0.1) is 0 Å². The van der Waals surface area contributed by atoms with Crippen molar-refractivity contribution in [2.24, 2.45) is 10.2 Å². The zero-order valence-electron chi connectivity index (χ0n) is 8.99. The summed E-state index contributed by atoms with van der Waals surface area (Å²) < 4.78 is 0. The number of hydrogen-bond donors (Lipinski definition) is 0. The van der Waals surface area contributed by atoms with Crippen molar-refractivity contribution >= 4 is 5.70 Å². The van der Waals surface area contributed by atoms with Crippen LogP contribution in [0, 0.1) is 0 Å². The van der Waals surface area contributed by atoms with E-state index in [2.05, 4.69) is 41.4 Å². The minimum atomic E-state index is 0.926. The van der Waals surface area contributed by atoms with E-state index in [1.807, 2.05) is 13.0 Å². The maximum Gasteiger partial charge on any atom is 0.0882 e. The molecule has 14 heavy (non-hydrogen) atoms. The predicted octanol–water partition coefficient (Wildman–Crippen LogP) is 3.69. The minimum absolute atomic E-state index is 0.926. The molecular formula is C12H16N2. The lowest BCUT2D eigenvalue weighted by Gasteiger charge is -2.01. The van der Waals surface area contributed by atoms with E-state index in [-0.39, 0.29) is 0 Å². The van der Waals surface area contributed by atoms with Gasteiger partial charge in [-0.05, 0) is 18.9 Å². The first-order valence-electron chi connectivity index (χ1n) is 4.87. The number of azo groups is 1. The monoisotopic (exact) mass is 188 g/mol. The smallest absolute Gasteiger partial charge is 0.0882 e. The van der Waals surface area contributed by atoms with Crippen molar-refractivity contribution in [3.63, 3.8) is 0 Å². The Morgan fingerprint density at radius 3 is 2.36 bits per heavy atom. The average molecular weight is 188 g/mol. The Hall–Kier alpha value is -1.44. The van der Waals surface area contributed by atoms with Crippen molar-refractivity contribution in [2.75, 3.05) is 7.05 Å². The van der Waals surface area contributed by atoms with Crippen LogP contribution in [-0.4, -0.2) is 7.05 Å². The second-order valence-electron chi connectivity index (χ2n) is 3.02. The summed E-state index contributed by atoms with van der Waals surface area (Å²) in [6.07, 6.45) is 3.04. The number of rotatable bonds is 3. The van der Waals surface area contributed by atoms with Crippen LogP contribution >= 0.6 is 0 Å². The predicted molar refractivity (Wildman–Crippen MR) is 60.3 cm³/mol. The largest absolute Gasteiger partial charge is 0.192 e. The normalized spacial score (nSPS) is 12.4. The van der Waals surface area contributed by atoms with Crippen molar-refractivity contribution in [1.82, 2.24) is 0 Å². The summed E-state index contributed by atoms with van der Waals surface area (Å²) in [6, 6.07) is 8.43. The van der Waals surface area contributed by atoms with Crippen LogP contribution in [0.25, 0.3) is 5.70 Å². The molecule has 0 heterocycles. The molecule has 0 aliphatic carbocycles. The van der Waals surface area contributed by atoms with E-state index in [9.17, 15) is 0 Å². The first kappa shape index (κ1) is 10.6. The average Bonchev–Trinajstić information content (AvgIpc) is 2.26. The van der Waals surface area contributed by atoms with E-state index < -0.39 is 0 Å². The zero-order valence-corrected chi connectivity index (χ0v) is 8.99. The molecule has 0 aromatic heterocycles. The molecule has 74 valence electrons. The molecule has 2 nitrogen and oxygen atoms in total. The summed E-state index contributed by atoms with van der Waals surface area (Å²) in [7, 11) is 1.68. The highest BCUT2D eigenvalue weighted by molar-refractivity contribution is 5.63. The van der Waals surface area contributed by atoms with Crippen molar-refractivity contribution in [2.45, 2.75) is 20.3 Å². The highest BCUT2D eigenvalue weighted by atomic mass is 15.1. The molecule has 0 saturated heterocycles. The number of allylic oxidation sites excluding steroid dienone is 1. The lowest BCUT2D eigenvalue weighted by atomic mass is 10.1. The molecule has 2 heteroatoms. The second-order valence-corrected chi connectivity index (χ2v) is 3.02. The first-order valence-corrected chi connectivity index (χ1v) is 4.87. The van der Waals surface area contributed by atoms with Crippen LogP contribution in [-0.2, 0) is 6.42 Å². The maximum absolute atomic E-state index is 4.05. The summed E-state index contributed by atoms with van der Waals surface area (Å²) >= 11 is 0. The highest BCUT2D eigenvalue weighted by Gasteiger charge is 1.97. The van der Waals surface area contributed by atoms with Crippen LogP contribution in [0.2, 0.25) is 0 Å². The summed E-state index contributed by atoms with van der Waals surface area (Å²) in [6.45, 7) is 4.12. The van der Waals surface area contributed by atoms with Crippen LogP contribution in [0.3, 0.4) is 0 Å². The van der Waals surface area contributed by atoms with E-state index in [4.69, 9.17) is 0 Å². The van der Waals surface area contributed by atoms with Crippen LogP contribution < -0.4 is 0 Å². The van der Waals surface area contributed by atoms with E-state index in [1.165, 1.54) is 5.56 Å². The first-order chi connectivity index (χ1) is 6.81. The third-order valence-electron chi connectivity index (χ3n) is 2.14. The van der Waals surface area contributed by atoms with Crippen LogP contribution in [0.4, 0.5) is 0 Å². The van der Waals surface area contributed by atoms with E-state index in [1.54, 1.807) is 7.05 Å². The summed E-state index contributed by atoms with van der Waals surface area (Å²) in [5, 5.41) is 7.84. The Morgan fingerprint density at radius 1 is 1.29 bits per heavy atom. The second kappa shape index (κ2) is 5.32. The molecule has 1 aromatic carbocycles. The fourth-order valence-corrected chi connectivity index (χ4v) is 1.30. The summed E-state index contributed by atoms with van der Waals surface area (Å²) in [5.74, 6) is 0. The molecule has 0 fully saturated rings. The van der Waals surface area contributed by atoms with Crippen molar-refractivity contribution in [3.8, 4) is 0 Å². The van der Waals surface area contributed by atoms with Gasteiger partial charge in [0.05, 0.1) is 5.70 Å². The Balaban J connectivity index is 2.96. The Kier molecular flexibility index (Phi) is 4.05. The van der Waals surface area contributed by atoms with Gasteiger partial charge in [0.15, 0.2) is 0 Å². The molecule has 0 N–H and O–H groups in total. The fraction of sp³-hybridized carbons (Fsp3) is 0.333. The third kappa shape index (κ3) is 2.52. The number of aryl methyl sites for hydroxylation is 1. The number of hydrogen-bond acceptors (Lipinski definition) is 2. The number of nitrogens with zero attached hydrogens (tertiary/aromatic N) is 2. The van der Waals surface area contributed by atoms with Gasteiger partial charge in [0.25, 0.3) is 0 Å². The van der Waals surface area contributed by atoms with Crippen LogP contribution in [0.5, 0.6) is 0 Å². The Bertz CT molecular complexity index is 334. The van der Waals surface area contributed by atoms with E-state index in [0.29, 0.717) is 0 Å².